The van der Waals surface area contributed by atoms with Crippen LogP contribution in [0.5, 0.6) is 0 Å². The Kier molecular flexibility index (Phi) is 5.12. The molecule has 140 valence electrons. The highest BCUT2D eigenvalue weighted by Crippen LogP contribution is 2.61. The van der Waals surface area contributed by atoms with Crippen molar-refractivity contribution in [2.45, 2.75) is 45.0 Å². The molecule has 0 aliphatic heterocycles. The van der Waals surface area contributed by atoms with Crippen LogP contribution in [-0.4, -0.2) is 25.1 Å². The fourth-order valence-corrected chi connectivity index (χ4v) is 4.80. The minimum atomic E-state index is -3.00. The summed E-state index contributed by atoms with van der Waals surface area (Å²) < 4.78 is 25.8. The summed E-state index contributed by atoms with van der Waals surface area (Å²) >= 11 is 0. The maximum atomic E-state index is 12.9. The number of carbonyl (C=O) groups is 1. The van der Waals surface area contributed by atoms with E-state index in [1.165, 1.54) is 19.0 Å². The Labute approximate surface area is 152 Å². The third-order valence-electron chi connectivity index (χ3n) is 5.69. The van der Waals surface area contributed by atoms with Gasteiger partial charge >= 0.3 is 0 Å². The lowest BCUT2D eigenvalue weighted by molar-refractivity contribution is -0.112. The molecule has 0 saturated heterocycles. The van der Waals surface area contributed by atoms with Crippen molar-refractivity contribution in [1.29, 1.82) is 5.41 Å². The first kappa shape index (κ1) is 18.5. The van der Waals surface area contributed by atoms with Gasteiger partial charge < -0.3 is 10.6 Å². The molecule has 6 heteroatoms. The highest BCUT2D eigenvalue weighted by molar-refractivity contribution is 6.25. The van der Waals surface area contributed by atoms with Gasteiger partial charge in [0.15, 0.2) is 0 Å². The van der Waals surface area contributed by atoms with Gasteiger partial charge in [-0.3, -0.25) is 10.2 Å². The molecule has 3 N–H and O–H groups in total. The van der Waals surface area contributed by atoms with Crippen molar-refractivity contribution in [2.75, 3.05) is 12.4 Å². The second kappa shape index (κ2) is 7.17. The monoisotopic (exact) mass is 361 g/mol. The van der Waals surface area contributed by atoms with Gasteiger partial charge in [-0.15, -0.1) is 0 Å². The number of nitrogens with one attached hydrogen (secondary N) is 3. The molecule has 1 saturated carbocycles. The number of hydrogen-bond acceptors (Lipinski definition) is 3. The SMILES string of the molecule is CN/C=C(\C(=N)C(F)F)C(=O)Nc1cccc2c1C1CCC2C1C(C)C. The van der Waals surface area contributed by atoms with Crippen molar-refractivity contribution in [1.82, 2.24) is 5.32 Å². The summed E-state index contributed by atoms with van der Waals surface area (Å²) in [6.07, 6.45) is 0.414. The lowest BCUT2D eigenvalue weighted by Gasteiger charge is -2.21. The number of carbonyl (C=O) groups excluding carboxylic acids is 1. The fourth-order valence-electron chi connectivity index (χ4n) is 4.80. The van der Waals surface area contributed by atoms with Crippen LogP contribution in [0, 0.1) is 17.2 Å². The van der Waals surface area contributed by atoms with Crippen LogP contribution in [0.3, 0.4) is 0 Å². The van der Waals surface area contributed by atoms with E-state index in [-0.39, 0.29) is 5.57 Å². The minimum Gasteiger partial charge on any atom is -0.393 e. The fraction of sp³-hybridized carbons (Fsp3) is 0.500. The van der Waals surface area contributed by atoms with Gasteiger partial charge in [0, 0.05) is 18.9 Å². The number of hydrogen-bond donors (Lipinski definition) is 3. The number of amides is 1. The highest BCUT2D eigenvalue weighted by atomic mass is 19.3. The molecule has 2 aliphatic carbocycles. The van der Waals surface area contributed by atoms with Gasteiger partial charge in [-0.1, -0.05) is 26.0 Å². The van der Waals surface area contributed by atoms with Gasteiger partial charge in [0.05, 0.1) is 5.57 Å². The molecule has 1 fully saturated rings. The quantitative estimate of drug-likeness (QED) is 0.524. The Balaban J connectivity index is 1.91. The molecule has 2 bridgehead atoms. The Bertz CT molecular complexity index is 757. The predicted octanol–water partition coefficient (Wildman–Crippen LogP) is 4.26. The minimum absolute atomic E-state index is 0.344. The van der Waals surface area contributed by atoms with Gasteiger partial charge in [0.1, 0.15) is 5.71 Å². The lowest BCUT2D eigenvalue weighted by atomic mass is 9.85. The van der Waals surface area contributed by atoms with Gasteiger partial charge in [-0.2, -0.15) is 0 Å². The Morgan fingerprint density at radius 2 is 1.96 bits per heavy atom. The molecule has 3 unspecified atom stereocenters. The molecule has 1 amide bonds. The van der Waals surface area contributed by atoms with Gasteiger partial charge in [-0.05, 0) is 53.7 Å². The second-order valence-corrected chi connectivity index (χ2v) is 7.44. The molecule has 4 nitrogen and oxygen atoms in total. The number of anilines is 1. The van der Waals surface area contributed by atoms with Crippen molar-refractivity contribution < 1.29 is 13.6 Å². The first-order chi connectivity index (χ1) is 12.4. The number of benzene rings is 1. The zero-order valence-corrected chi connectivity index (χ0v) is 15.3. The molecule has 0 spiro atoms. The molecule has 0 radical (unpaired) electrons. The van der Waals surface area contributed by atoms with Crippen LogP contribution in [0.25, 0.3) is 0 Å². The Morgan fingerprint density at radius 3 is 2.58 bits per heavy atom. The van der Waals surface area contributed by atoms with Crippen LogP contribution in [0.2, 0.25) is 0 Å². The number of halogens is 2. The van der Waals surface area contributed by atoms with E-state index in [1.54, 1.807) is 0 Å². The molecular formula is C20H25F2N3O. The Hall–Kier alpha value is -2.24. The van der Waals surface area contributed by atoms with E-state index >= 15 is 0 Å². The van der Waals surface area contributed by atoms with Crippen molar-refractivity contribution in [3.05, 3.63) is 41.1 Å². The van der Waals surface area contributed by atoms with Crippen molar-refractivity contribution in [2.24, 2.45) is 11.8 Å². The standard InChI is InChI=1S/C20H25F2N3O/c1-10(2)16-12-7-8-13(16)17-11(12)5-4-6-15(17)25-20(26)14(9-24-3)18(23)19(21)22/h4-6,9-10,12-13,16,19,23-24H,7-8H2,1-3H3,(H,25,26)/b14-9+,23-18?. The maximum Gasteiger partial charge on any atom is 0.280 e. The van der Waals surface area contributed by atoms with E-state index in [0.29, 0.717) is 29.4 Å². The molecule has 0 aromatic heterocycles. The van der Waals surface area contributed by atoms with E-state index in [9.17, 15) is 13.6 Å². The van der Waals surface area contributed by atoms with Crippen LogP contribution in [0.4, 0.5) is 14.5 Å². The van der Waals surface area contributed by atoms with Crippen LogP contribution in [-0.2, 0) is 4.79 Å². The first-order valence-electron chi connectivity index (χ1n) is 9.05. The van der Waals surface area contributed by atoms with Crippen molar-refractivity contribution >= 4 is 17.3 Å². The Morgan fingerprint density at radius 1 is 1.27 bits per heavy atom. The molecule has 2 aliphatic rings. The van der Waals surface area contributed by atoms with Gasteiger partial charge in [-0.25, -0.2) is 8.78 Å². The van der Waals surface area contributed by atoms with Crippen LogP contribution in [0.1, 0.15) is 49.7 Å². The summed E-state index contributed by atoms with van der Waals surface area (Å²) in [5.74, 6) is 1.35. The van der Waals surface area contributed by atoms with Crippen LogP contribution < -0.4 is 10.6 Å². The summed E-state index contributed by atoms with van der Waals surface area (Å²) in [5.41, 5.74) is 1.80. The van der Waals surface area contributed by atoms with E-state index in [4.69, 9.17) is 5.41 Å². The lowest BCUT2D eigenvalue weighted by Crippen LogP contribution is -2.26. The van der Waals surface area contributed by atoms with E-state index in [2.05, 4.69) is 30.5 Å². The summed E-state index contributed by atoms with van der Waals surface area (Å²) in [4.78, 5) is 12.6. The summed E-state index contributed by atoms with van der Waals surface area (Å²) in [6.45, 7) is 4.47. The third-order valence-corrected chi connectivity index (χ3v) is 5.69. The zero-order valence-electron chi connectivity index (χ0n) is 15.3. The number of rotatable bonds is 6. The first-order valence-corrected chi connectivity index (χ1v) is 9.05. The van der Waals surface area contributed by atoms with Crippen LogP contribution >= 0.6 is 0 Å². The van der Waals surface area contributed by atoms with E-state index < -0.39 is 18.0 Å². The second-order valence-electron chi connectivity index (χ2n) is 7.44. The molecule has 26 heavy (non-hydrogen) atoms. The molecule has 3 atom stereocenters. The molecule has 1 aromatic carbocycles. The predicted molar refractivity (Wildman–Crippen MR) is 99.0 cm³/mol. The molecular weight excluding hydrogens is 336 g/mol. The van der Waals surface area contributed by atoms with Crippen LogP contribution in [0.15, 0.2) is 30.0 Å². The topological polar surface area (TPSA) is 65.0 Å². The largest absolute Gasteiger partial charge is 0.393 e. The number of fused-ring (bicyclic) bond motifs is 5. The smallest absolute Gasteiger partial charge is 0.280 e. The van der Waals surface area contributed by atoms with Gasteiger partial charge in [0.2, 0.25) is 0 Å². The highest BCUT2D eigenvalue weighted by Gasteiger charge is 2.48. The normalized spacial score (nSPS) is 24.1. The summed E-state index contributed by atoms with van der Waals surface area (Å²) in [5, 5.41) is 12.9. The van der Waals surface area contributed by atoms with E-state index in [0.717, 1.165) is 18.2 Å². The maximum absolute atomic E-state index is 12.9. The average molecular weight is 361 g/mol. The van der Waals surface area contributed by atoms with Gasteiger partial charge in [0.25, 0.3) is 12.3 Å². The molecule has 1 aromatic rings. The molecule has 0 heterocycles. The summed E-state index contributed by atoms with van der Waals surface area (Å²) in [6, 6.07) is 5.86. The number of alkyl halides is 2. The zero-order chi connectivity index (χ0) is 19.0. The summed E-state index contributed by atoms with van der Waals surface area (Å²) in [7, 11) is 1.51. The average Bonchev–Trinajstić information content (AvgIpc) is 3.16. The van der Waals surface area contributed by atoms with E-state index in [1.807, 2.05) is 12.1 Å². The van der Waals surface area contributed by atoms with Crippen molar-refractivity contribution in [3.63, 3.8) is 0 Å². The van der Waals surface area contributed by atoms with Crippen molar-refractivity contribution in [3.8, 4) is 0 Å². The third kappa shape index (κ3) is 3.02. The molecule has 3 rings (SSSR count).